The zero-order valence-corrected chi connectivity index (χ0v) is 12.8. The summed E-state index contributed by atoms with van der Waals surface area (Å²) in [5.41, 5.74) is 0.622. The third kappa shape index (κ3) is 4.04. The fourth-order valence-corrected chi connectivity index (χ4v) is 2.25. The Kier molecular flexibility index (Phi) is 5.28. The number of rotatable bonds is 5. The van der Waals surface area contributed by atoms with Crippen molar-refractivity contribution in [3.63, 3.8) is 0 Å². The fraction of sp³-hybridized carbons (Fsp3) is 0.562. The van der Waals surface area contributed by atoms with Gasteiger partial charge in [-0.3, -0.25) is 4.79 Å². The number of carbonyl (C=O) groups excluding carboxylic acids is 1. The van der Waals surface area contributed by atoms with Crippen LogP contribution in [-0.4, -0.2) is 23.7 Å². The van der Waals surface area contributed by atoms with E-state index in [4.69, 9.17) is 0 Å². The molecule has 1 atom stereocenters. The van der Waals surface area contributed by atoms with Crippen molar-refractivity contribution >= 4 is 5.91 Å². The van der Waals surface area contributed by atoms with Gasteiger partial charge in [0.25, 0.3) is 5.91 Å². The molecule has 20 heavy (non-hydrogen) atoms. The number of aliphatic hydroxyl groups excluding tert-OH is 1. The van der Waals surface area contributed by atoms with Gasteiger partial charge in [0.05, 0.1) is 6.10 Å². The molecule has 0 fully saturated rings. The minimum absolute atomic E-state index is 0.109. The number of carbonyl (C=O) groups is 1. The summed E-state index contributed by atoms with van der Waals surface area (Å²) in [6, 6.07) is 4.15. The second-order valence-electron chi connectivity index (χ2n) is 6.32. The minimum Gasteiger partial charge on any atom is -0.392 e. The summed E-state index contributed by atoms with van der Waals surface area (Å²) in [6.45, 7) is 9.77. The first kappa shape index (κ1) is 16.6. The van der Waals surface area contributed by atoms with Crippen molar-refractivity contribution in [1.29, 1.82) is 0 Å². The van der Waals surface area contributed by atoms with Crippen LogP contribution >= 0.6 is 0 Å². The Morgan fingerprint density at radius 2 is 2.00 bits per heavy atom. The molecule has 1 unspecified atom stereocenters. The zero-order valence-electron chi connectivity index (χ0n) is 12.8. The molecule has 1 aromatic rings. The first-order chi connectivity index (χ1) is 9.15. The highest BCUT2D eigenvalue weighted by molar-refractivity contribution is 5.95. The maximum Gasteiger partial charge on any atom is 0.251 e. The van der Waals surface area contributed by atoms with Crippen LogP contribution in [0.4, 0.5) is 4.39 Å². The molecule has 2 N–H and O–H groups in total. The van der Waals surface area contributed by atoms with Crippen molar-refractivity contribution in [2.45, 2.75) is 40.7 Å². The number of nitrogens with one attached hydrogen (secondary N) is 1. The first-order valence-electron chi connectivity index (χ1n) is 6.87. The van der Waals surface area contributed by atoms with Crippen LogP contribution in [0.2, 0.25) is 0 Å². The number of aryl methyl sites for hydroxylation is 1. The predicted molar refractivity (Wildman–Crippen MR) is 78.1 cm³/mol. The highest BCUT2D eigenvalue weighted by Gasteiger charge is 2.30. The molecule has 1 rings (SSSR count). The topological polar surface area (TPSA) is 49.3 Å². The van der Waals surface area contributed by atoms with E-state index in [1.165, 1.54) is 12.1 Å². The Morgan fingerprint density at radius 3 is 2.55 bits per heavy atom. The molecule has 0 aliphatic carbocycles. The molecule has 0 aliphatic rings. The molecule has 4 heteroatoms. The Labute approximate surface area is 120 Å². The molecule has 0 saturated carbocycles. The molecule has 0 saturated heterocycles. The number of aliphatic hydroxyl groups is 1. The van der Waals surface area contributed by atoms with E-state index in [1.54, 1.807) is 13.0 Å². The normalized spacial score (nSPS) is 13.4. The second kappa shape index (κ2) is 6.35. The number of hydrogen-bond acceptors (Lipinski definition) is 2. The van der Waals surface area contributed by atoms with Gasteiger partial charge in [0.1, 0.15) is 5.82 Å². The number of halogens is 1. The maximum atomic E-state index is 13.2. The van der Waals surface area contributed by atoms with Crippen molar-refractivity contribution in [2.75, 3.05) is 6.54 Å². The lowest BCUT2D eigenvalue weighted by atomic mass is 9.80. The molecular weight excluding hydrogens is 257 g/mol. The largest absolute Gasteiger partial charge is 0.392 e. The number of benzene rings is 1. The fourth-order valence-electron chi connectivity index (χ4n) is 2.25. The summed E-state index contributed by atoms with van der Waals surface area (Å²) in [5.74, 6) is -0.633. The van der Waals surface area contributed by atoms with Crippen molar-refractivity contribution in [3.8, 4) is 0 Å². The van der Waals surface area contributed by atoms with Crippen LogP contribution in [0.15, 0.2) is 18.2 Å². The lowest BCUT2D eigenvalue weighted by Gasteiger charge is -2.33. The molecule has 1 aromatic carbocycles. The van der Waals surface area contributed by atoms with E-state index < -0.39 is 17.3 Å². The first-order valence-corrected chi connectivity index (χ1v) is 6.87. The van der Waals surface area contributed by atoms with Gasteiger partial charge in [0, 0.05) is 17.5 Å². The van der Waals surface area contributed by atoms with Gasteiger partial charge in [-0.25, -0.2) is 4.39 Å². The van der Waals surface area contributed by atoms with E-state index >= 15 is 0 Å². The molecular formula is C16H24FNO2. The monoisotopic (exact) mass is 281 g/mol. The maximum absolute atomic E-state index is 13.2. The van der Waals surface area contributed by atoms with Crippen LogP contribution in [0.25, 0.3) is 0 Å². The van der Waals surface area contributed by atoms with Crippen LogP contribution in [-0.2, 0) is 0 Å². The predicted octanol–water partition coefficient (Wildman–Crippen LogP) is 2.91. The lowest BCUT2D eigenvalue weighted by molar-refractivity contribution is 0.0138. The summed E-state index contributed by atoms with van der Waals surface area (Å²) in [7, 11) is 0. The van der Waals surface area contributed by atoms with E-state index in [0.29, 0.717) is 12.1 Å². The van der Waals surface area contributed by atoms with E-state index in [0.717, 1.165) is 5.56 Å². The highest BCUT2D eigenvalue weighted by Crippen LogP contribution is 2.25. The molecule has 0 heterocycles. The molecule has 0 aliphatic heterocycles. The van der Waals surface area contributed by atoms with Crippen molar-refractivity contribution in [1.82, 2.24) is 5.32 Å². The van der Waals surface area contributed by atoms with Gasteiger partial charge in [-0.1, -0.05) is 33.8 Å². The summed E-state index contributed by atoms with van der Waals surface area (Å²) in [5, 5.41) is 12.9. The van der Waals surface area contributed by atoms with Crippen LogP contribution in [0.5, 0.6) is 0 Å². The minimum atomic E-state index is -0.517. The van der Waals surface area contributed by atoms with Crippen molar-refractivity contribution < 1.29 is 14.3 Å². The van der Waals surface area contributed by atoms with Crippen LogP contribution in [0.1, 0.15) is 43.6 Å². The molecule has 112 valence electrons. The lowest BCUT2D eigenvalue weighted by Crippen LogP contribution is -2.43. The van der Waals surface area contributed by atoms with Crippen molar-refractivity contribution in [2.24, 2.45) is 11.3 Å². The molecule has 0 radical (unpaired) electrons. The number of amides is 1. The average Bonchev–Trinajstić information content (AvgIpc) is 2.37. The highest BCUT2D eigenvalue weighted by atomic mass is 19.1. The van der Waals surface area contributed by atoms with Gasteiger partial charge < -0.3 is 10.4 Å². The second-order valence-corrected chi connectivity index (χ2v) is 6.32. The molecule has 0 bridgehead atoms. The van der Waals surface area contributed by atoms with Gasteiger partial charge in [0.15, 0.2) is 0 Å². The van der Waals surface area contributed by atoms with E-state index in [-0.39, 0.29) is 11.8 Å². The van der Waals surface area contributed by atoms with Gasteiger partial charge >= 0.3 is 0 Å². The Bertz CT molecular complexity index is 483. The molecule has 3 nitrogen and oxygen atoms in total. The van der Waals surface area contributed by atoms with Gasteiger partial charge in [0.2, 0.25) is 0 Å². The van der Waals surface area contributed by atoms with Gasteiger partial charge in [-0.05, 0) is 30.5 Å². The van der Waals surface area contributed by atoms with Crippen LogP contribution in [0.3, 0.4) is 0 Å². The SMILES string of the molecule is Cc1ccc(F)cc1C(=O)NCC(C)(C)C(O)C(C)C. The van der Waals surface area contributed by atoms with Crippen LogP contribution < -0.4 is 5.32 Å². The molecule has 1 amide bonds. The Morgan fingerprint density at radius 1 is 1.40 bits per heavy atom. The summed E-state index contributed by atoms with van der Waals surface area (Å²) in [6.07, 6.45) is -0.517. The quantitative estimate of drug-likeness (QED) is 0.872. The van der Waals surface area contributed by atoms with Crippen molar-refractivity contribution in [3.05, 3.63) is 35.1 Å². The third-order valence-corrected chi connectivity index (χ3v) is 3.58. The Balaban J connectivity index is 2.75. The van der Waals surface area contributed by atoms with E-state index in [1.807, 2.05) is 27.7 Å². The summed E-state index contributed by atoms with van der Waals surface area (Å²) in [4.78, 5) is 12.1. The number of hydrogen-bond donors (Lipinski definition) is 2. The van der Waals surface area contributed by atoms with E-state index in [2.05, 4.69) is 5.32 Å². The van der Waals surface area contributed by atoms with Gasteiger partial charge in [-0.2, -0.15) is 0 Å². The van der Waals surface area contributed by atoms with Gasteiger partial charge in [-0.15, -0.1) is 0 Å². The van der Waals surface area contributed by atoms with E-state index in [9.17, 15) is 14.3 Å². The van der Waals surface area contributed by atoms with Crippen LogP contribution in [0, 0.1) is 24.1 Å². The summed E-state index contributed by atoms with van der Waals surface area (Å²) < 4.78 is 13.2. The molecule has 0 spiro atoms. The third-order valence-electron chi connectivity index (χ3n) is 3.58. The standard InChI is InChI=1S/C16H24FNO2/c1-10(2)14(19)16(4,5)9-18-15(20)13-8-12(17)7-6-11(13)3/h6-8,10,14,19H,9H2,1-5H3,(H,18,20). The Hall–Kier alpha value is -1.42. The average molecular weight is 281 g/mol. The summed E-state index contributed by atoms with van der Waals surface area (Å²) >= 11 is 0. The zero-order chi connectivity index (χ0) is 15.5. The smallest absolute Gasteiger partial charge is 0.251 e. The molecule has 0 aromatic heterocycles.